The van der Waals surface area contributed by atoms with E-state index < -0.39 is 31.4 Å². The van der Waals surface area contributed by atoms with Crippen LogP contribution in [0.1, 0.15) is 108 Å². The van der Waals surface area contributed by atoms with Gasteiger partial charge in [-0.15, -0.1) is 47.5 Å². The Balaban J connectivity index is 0.000000199. The third-order valence-corrected chi connectivity index (χ3v) is 10.8. The number of fused-ring (bicyclic) bond motifs is 5. The van der Waals surface area contributed by atoms with E-state index in [0.29, 0.717) is 16.7 Å². The van der Waals surface area contributed by atoms with Crippen molar-refractivity contribution in [3.05, 3.63) is 156 Å². The SMILES string of the molecule is [2H]C([2H])([2H])c1c[c-]c(-c2cc(C([2H])([2H])[2H])c(C([2H])([2H])C(C)(C)C)cn2)cc1-c1ccccc1.[2H]C1(c2ccnc(-c3[c-]ccc4c3oc3c5ccccc5ccc43)c2)CC(C)(C)CC(C)(C)C1.[Ir]. The van der Waals surface area contributed by atoms with Gasteiger partial charge in [0.05, 0.1) is 5.58 Å². The molecule has 1 fully saturated rings. The van der Waals surface area contributed by atoms with Gasteiger partial charge in [-0.1, -0.05) is 162 Å². The molecule has 4 heteroatoms. The number of pyridine rings is 2. The van der Waals surface area contributed by atoms with Crippen molar-refractivity contribution in [2.45, 2.75) is 93.7 Å². The molecule has 5 aromatic carbocycles. The van der Waals surface area contributed by atoms with Crippen molar-refractivity contribution in [1.29, 1.82) is 0 Å². The summed E-state index contributed by atoms with van der Waals surface area (Å²) in [4.78, 5) is 9.08. The molecule has 59 heavy (non-hydrogen) atoms. The fourth-order valence-electron chi connectivity index (χ4n) is 8.89. The number of hydrogen-bond donors (Lipinski definition) is 0. The Bertz CT molecular complexity index is 3110. The zero-order valence-electron chi connectivity index (χ0n) is 43.8. The van der Waals surface area contributed by atoms with Gasteiger partial charge in [-0.2, -0.15) is 0 Å². The molecular formula is C55H56IrN2O-2. The van der Waals surface area contributed by atoms with E-state index in [9.17, 15) is 1.37 Å². The van der Waals surface area contributed by atoms with E-state index in [1.54, 1.807) is 39.0 Å². The number of benzene rings is 5. The first-order chi connectivity index (χ1) is 31.2. The molecule has 0 atom stereocenters. The van der Waals surface area contributed by atoms with Gasteiger partial charge < -0.3 is 14.4 Å². The van der Waals surface area contributed by atoms with Crippen molar-refractivity contribution in [1.82, 2.24) is 9.97 Å². The zero-order chi connectivity index (χ0) is 48.5. The average molecular weight is 962 g/mol. The van der Waals surface area contributed by atoms with Crippen LogP contribution in [0.25, 0.3) is 66.4 Å². The van der Waals surface area contributed by atoms with Crippen LogP contribution in [0, 0.1) is 42.1 Å². The molecule has 0 N–H and O–H groups in total. The number of hydrogen-bond acceptors (Lipinski definition) is 3. The van der Waals surface area contributed by atoms with E-state index in [2.05, 4.69) is 87.3 Å². The predicted molar refractivity (Wildman–Crippen MR) is 244 cm³/mol. The van der Waals surface area contributed by atoms with Crippen LogP contribution in [0.5, 0.6) is 0 Å². The summed E-state index contributed by atoms with van der Waals surface area (Å²) in [5, 5.41) is 4.45. The molecule has 8 aromatic rings. The van der Waals surface area contributed by atoms with Gasteiger partial charge in [0.25, 0.3) is 0 Å². The Morgan fingerprint density at radius 1 is 0.780 bits per heavy atom. The number of nitrogens with zero attached hydrogens (tertiary/aromatic N) is 2. The minimum Gasteiger partial charge on any atom is -0.500 e. The van der Waals surface area contributed by atoms with Crippen molar-refractivity contribution in [3.8, 4) is 33.6 Å². The normalized spacial score (nSPS) is 18.6. The number of furan rings is 1. The summed E-state index contributed by atoms with van der Waals surface area (Å²) in [5.41, 5.74) is 5.73. The molecule has 9 rings (SSSR count). The van der Waals surface area contributed by atoms with E-state index in [0.717, 1.165) is 63.4 Å². The molecule has 303 valence electrons. The molecule has 3 aromatic heterocycles. The zero-order valence-corrected chi connectivity index (χ0v) is 37.2. The van der Waals surface area contributed by atoms with Gasteiger partial charge in [0.2, 0.25) is 0 Å². The van der Waals surface area contributed by atoms with E-state index in [4.69, 9.17) is 20.4 Å². The van der Waals surface area contributed by atoms with Crippen LogP contribution in [-0.2, 0) is 26.5 Å². The van der Waals surface area contributed by atoms with Crippen LogP contribution in [-0.4, -0.2) is 9.97 Å². The van der Waals surface area contributed by atoms with Crippen molar-refractivity contribution in [2.24, 2.45) is 16.2 Å². The molecule has 0 bridgehead atoms. The van der Waals surface area contributed by atoms with Gasteiger partial charge in [0.1, 0.15) is 5.58 Å². The van der Waals surface area contributed by atoms with Crippen molar-refractivity contribution < 1.29 is 36.9 Å². The van der Waals surface area contributed by atoms with E-state index in [-0.39, 0.29) is 53.3 Å². The largest absolute Gasteiger partial charge is 0.500 e. The Kier molecular flexibility index (Phi) is 9.01. The minimum atomic E-state index is -2.56. The Labute approximate surface area is 377 Å². The van der Waals surface area contributed by atoms with Gasteiger partial charge in [-0.25, -0.2) is 0 Å². The summed E-state index contributed by atoms with van der Waals surface area (Å²) < 4.78 is 80.8. The van der Waals surface area contributed by atoms with Crippen LogP contribution in [0.15, 0.2) is 126 Å². The first-order valence-electron chi connectivity index (χ1n) is 24.5. The van der Waals surface area contributed by atoms with E-state index in [1.807, 2.05) is 42.6 Å². The molecule has 0 spiro atoms. The predicted octanol–water partition coefficient (Wildman–Crippen LogP) is 15.3. The van der Waals surface area contributed by atoms with Crippen molar-refractivity contribution >= 4 is 32.7 Å². The van der Waals surface area contributed by atoms with Gasteiger partial charge in [-0.3, -0.25) is 0 Å². The summed E-state index contributed by atoms with van der Waals surface area (Å²) in [5.74, 6) is -0.638. The van der Waals surface area contributed by atoms with Crippen LogP contribution in [0.4, 0.5) is 0 Å². The summed E-state index contributed by atoms with van der Waals surface area (Å²) in [7, 11) is 0. The Morgan fingerprint density at radius 3 is 2.25 bits per heavy atom. The number of aromatic nitrogens is 2. The first-order valence-corrected chi connectivity index (χ1v) is 20.0. The quantitative estimate of drug-likeness (QED) is 0.161. The van der Waals surface area contributed by atoms with Gasteiger partial charge in [0.15, 0.2) is 0 Å². The molecule has 0 aliphatic heterocycles. The monoisotopic (exact) mass is 962 g/mol. The maximum Gasteiger partial charge on any atom is 0.128 e. The summed E-state index contributed by atoms with van der Waals surface area (Å²) in [6.45, 7) is 9.39. The molecule has 0 amide bonds. The van der Waals surface area contributed by atoms with Crippen molar-refractivity contribution in [2.75, 3.05) is 0 Å². The van der Waals surface area contributed by atoms with E-state index >= 15 is 0 Å². The molecule has 1 aliphatic rings. The Morgan fingerprint density at radius 2 is 1.51 bits per heavy atom. The van der Waals surface area contributed by atoms with Crippen LogP contribution in [0.2, 0.25) is 0 Å². The summed E-state index contributed by atoms with van der Waals surface area (Å²) in [6, 6.07) is 40.6. The van der Waals surface area contributed by atoms with Crippen molar-refractivity contribution in [3.63, 3.8) is 0 Å². The summed E-state index contributed by atoms with van der Waals surface area (Å²) in [6.07, 6.45) is 4.01. The molecule has 1 saturated carbocycles. The molecule has 3 heterocycles. The number of rotatable bonds is 5. The smallest absolute Gasteiger partial charge is 0.128 e. The van der Waals surface area contributed by atoms with Gasteiger partial charge in [-0.05, 0) is 88.6 Å². The Hall–Kier alpha value is -4.89. The number of aryl methyl sites for hydroxylation is 2. The molecule has 3 nitrogen and oxygen atoms in total. The second kappa shape index (κ2) is 16.6. The molecule has 0 saturated heterocycles. The maximum atomic E-state index is 9.51. The molecule has 0 unspecified atom stereocenters. The van der Waals surface area contributed by atoms with Crippen LogP contribution >= 0.6 is 0 Å². The summed E-state index contributed by atoms with van der Waals surface area (Å²) >= 11 is 0. The fourth-order valence-corrected chi connectivity index (χ4v) is 8.89. The molecule has 1 radical (unpaired) electrons. The third-order valence-electron chi connectivity index (χ3n) is 10.8. The minimum absolute atomic E-state index is 0. The average Bonchev–Trinajstić information content (AvgIpc) is 3.64. The van der Waals surface area contributed by atoms with Crippen LogP contribution in [0.3, 0.4) is 0 Å². The molecule has 1 aliphatic carbocycles. The molecular weight excluding hydrogens is 897 g/mol. The van der Waals surface area contributed by atoms with Crippen LogP contribution < -0.4 is 0 Å². The second-order valence-electron chi connectivity index (χ2n) is 18.3. The first kappa shape index (κ1) is 32.0. The van der Waals surface area contributed by atoms with E-state index in [1.165, 1.54) is 23.7 Å². The topological polar surface area (TPSA) is 38.9 Å². The second-order valence-corrected chi connectivity index (χ2v) is 18.3. The third kappa shape index (κ3) is 9.30. The van der Waals surface area contributed by atoms with Gasteiger partial charge in [0, 0.05) is 55.6 Å². The standard InChI is InChI=1S/C31H30NO.C24H26N.Ir/c1-30(2)17-22(18-31(3,4)19-30)21-14-15-32-27(16-21)26-11-7-10-24-25-13-12-20-8-5-6-9-23(20)28(25)33-29(24)26;1-17-11-12-20(14-22(17)19-9-7-6-8-10-19)23-13-18(2)21(16-25-23)15-24(3,4)5;/h5-10,12-16,22H,17-19H2,1-4H3;6-11,13-14,16H,15H2,1-5H3;/q2*-1;/i22D;1D3,2D3,15D2;. The van der Waals surface area contributed by atoms with Gasteiger partial charge >= 0.3 is 0 Å². The maximum absolute atomic E-state index is 9.51. The fraction of sp³-hybridized carbons (Fsp3) is 0.309.